The number of aliphatic hydroxyl groups is 1. The molecule has 0 saturated heterocycles. The minimum atomic E-state index is -0.709. The van der Waals surface area contributed by atoms with Crippen LogP contribution in [-0.4, -0.2) is 17.7 Å². The van der Waals surface area contributed by atoms with Gasteiger partial charge in [0.15, 0.2) is 5.76 Å². The van der Waals surface area contributed by atoms with Crippen molar-refractivity contribution in [1.29, 1.82) is 0 Å². The molecule has 0 aliphatic carbocycles. The van der Waals surface area contributed by atoms with E-state index in [4.69, 9.17) is 9.84 Å². The summed E-state index contributed by atoms with van der Waals surface area (Å²) in [5, 5.41) is 8.68. The van der Waals surface area contributed by atoms with Crippen LogP contribution < -0.4 is 0 Å². The minimum Gasteiger partial charge on any atom is -0.502 e. The van der Waals surface area contributed by atoms with E-state index in [1.807, 2.05) is 0 Å². The van der Waals surface area contributed by atoms with Gasteiger partial charge in [0.05, 0.1) is 6.61 Å². The predicted octanol–water partition coefficient (Wildman–Crippen LogP) is 3.60. The van der Waals surface area contributed by atoms with Crippen molar-refractivity contribution in [1.82, 2.24) is 0 Å². The number of esters is 1. The molecule has 0 heterocycles. The van der Waals surface area contributed by atoms with Gasteiger partial charge in [-0.2, -0.15) is 0 Å². The van der Waals surface area contributed by atoms with Crippen LogP contribution in [0.4, 0.5) is 0 Å². The van der Waals surface area contributed by atoms with Gasteiger partial charge < -0.3 is 9.84 Å². The summed E-state index contributed by atoms with van der Waals surface area (Å²) in [6, 6.07) is 0. The van der Waals surface area contributed by atoms with Crippen molar-refractivity contribution in [2.75, 3.05) is 6.61 Å². The Bertz CT molecular complexity index is 209. The first-order valence-electron chi connectivity index (χ1n) is 6.09. The van der Waals surface area contributed by atoms with Gasteiger partial charge in [0.2, 0.25) is 0 Å². The molecule has 16 heavy (non-hydrogen) atoms. The fourth-order valence-electron chi connectivity index (χ4n) is 1.43. The number of rotatable bonds is 9. The Labute approximate surface area is 98.5 Å². The maximum atomic E-state index is 10.8. The Morgan fingerprint density at radius 2 is 1.75 bits per heavy atom. The summed E-state index contributed by atoms with van der Waals surface area (Å²) in [5.74, 6) is -0.437. The first-order chi connectivity index (χ1) is 7.54. The van der Waals surface area contributed by atoms with Crippen LogP contribution in [0.5, 0.6) is 0 Å². The highest BCUT2D eigenvalue weighted by atomic mass is 16.5. The first-order valence-corrected chi connectivity index (χ1v) is 6.09. The van der Waals surface area contributed by atoms with E-state index in [0.717, 1.165) is 18.8 Å². The standard InChI is InChI=1S/C13H24O3/c1-11(2)9-7-5-4-6-8-10-16-13(15)12(3)14/h11,14H,3-10H2,1-2H3. The van der Waals surface area contributed by atoms with E-state index < -0.39 is 11.7 Å². The average Bonchev–Trinajstić information content (AvgIpc) is 2.21. The monoisotopic (exact) mass is 228 g/mol. The molecule has 3 heteroatoms. The number of carbonyl (C=O) groups is 1. The topological polar surface area (TPSA) is 46.5 Å². The van der Waals surface area contributed by atoms with E-state index in [9.17, 15) is 4.79 Å². The molecule has 0 aliphatic heterocycles. The molecule has 0 spiro atoms. The third-order valence-electron chi connectivity index (χ3n) is 2.39. The highest BCUT2D eigenvalue weighted by Gasteiger charge is 2.04. The van der Waals surface area contributed by atoms with Gasteiger partial charge in [-0.3, -0.25) is 0 Å². The van der Waals surface area contributed by atoms with Gasteiger partial charge in [-0.25, -0.2) is 4.79 Å². The number of hydrogen-bond acceptors (Lipinski definition) is 3. The van der Waals surface area contributed by atoms with Crippen LogP contribution in [0.25, 0.3) is 0 Å². The molecule has 0 bridgehead atoms. The Hall–Kier alpha value is -0.990. The van der Waals surface area contributed by atoms with Crippen LogP contribution in [0.2, 0.25) is 0 Å². The van der Waals surface area contributed by atoms with E-state index in [1.54, 1.807) is 0 Å². The minimum absolute atomic E-state index is 0.378. The van der Waals surface area contributed by atoms with Crippen LogP contribution in [0.15, 0.2) is 12.3 Å². The van der Waals surface area contributed by atoms with Gasteiger partial charge in [-0.1, -0.05) is 46.0 Å². The van der Waals surface area contributed by atoms with Crippen LogP contribution in [0.3, 0.4) is 0 Å². The summed E-state index contributed by atoms with van der Waals surface area (Å²) >= 11 is 0. The smallest absolute Gasteiger partial charge is 0.372 e. The summed E-state index contributed by atoms with van der Waals surface area (Å²) in [5.41, 5.74) is 0. The Morgan fingerprint density at radius 3 is 2.31 bits per heavy atom. The predicted molar refractivity (Wildman–Crippen MR) is 65.3 cm³/mol. The third-order valence-corrected chi connectivity index (χ3v) is 2.39. The zero-order valence-corrected chi connectivity index (χ0v) is 10.5. The molecule has 0 aromatic heterocycles. The second kappa shape index (κ2) is 9.25. The van der Waals surface area contributed by atoms with E-state index in [2.05, 4.69) is 20.4 Å². The normalized spacial score (nSPS) is 10.4. The van der Waals surface area contributed by atoms with Crippen molar-refractivity contribution in [3.05, 3.63) is 12.3 Å². The van der Waals surface area contributed by atoms with E-state index in [-0.39, 0.29) is 0 Å². The average molecular weight is 228 g/mol. The lowest BCUT2D eigenvalue weighted by Crippen LogP contribution is -2.07. The zero-order chi connectivity index (χ0) is 12.4. The molecular weight excluding hydrogens is 204 g/mol. The number of ether oxygens (including phenoxy) is 1. The van der Waals surface area contributed by atoms with Gasteiger partial charge in [0.25, 0.3) is 0 Å². The molecule has 0 aliphatic rings. The van der Waals surface area contributed by atoms with Crippen molar-refractivity contribution in [3.8, 4) is 0 Å². The van der Waals surface area contributed by atoms with Crippen LogP contribution >= 0.6 is 0 Å². The molecule has 0 aromatic rings. The second-order valence-electron chi connectivity index (χ2n) is 4.53. The van der Waals surface area contributed by atoms with Gasteiger partial charge in [-0.15, -0.1) is 0 Å². The summed E-state index contributed by atoms with van der Waals surface area (Å²) in [7, 11) is 0. The number of carbonyl (C=O) groups excluding carboxylic acids is 1. The molecule has 1 N–H and O–H groups in total. The molecule has 0 aromatic carbocycles. The largest absolute Gasteiger partial charge is 0.502 e. The van der Waals surface area contributed by atoms with Crippen LogP contribution in [0, 0.1) is 5.92 Å². The maximum absolute atomic E-state index is 10.8. The number of unbranched alkanes of at least 4 members (excludes halogenated alkanes) is 4. The van der Waals surface area contributed by atoms with Crippen molar-refractivity contribution in [2.45, 2.75) is 52.4 Å². The lowest BCUT2D eigenvalue weighted by atomic mass is 10.0. The highest BCUT2D eigenvalue weighted by Crippen LogP contribution is 2.10. The Kier molecular flexibility index (Phi) is 8.68. The molecule has 0 rings (SSSR count). The molecule has 0 atom stereocenters. The van der Waals surface area contributed by atoms with Crippen molar-refractivity contribution in [3.63, 3.8) is 0 Å². The van der Waals surface area contributed by atoms with E-state index in [0.29, 0.717) is 6.61 Å². The van der Waals surface area contributed by atoms with E-state index >= 15 is 0 Å². The van der Waals surface area contributed by atoms with Crippen LogP contribution in [-0.2, 0) is 9.53 Å². The van der Waals surface area contributed by atoms with Crippen molar-refractivity contribution in [2.24, 2.45) is 5.92 Å². The third kappa shape index (κ3) is 9.56. The molecule has 3 nitrogen and oxygen atoms in total. The lowest BCUT2D eigenvalue weighted by Gasteiger charge is -2.05. The van der Waals surface area contributed by atoms with Crippen molar-refractivity contribution < 1.29 is 14.6 Å². The van der Waals surface area contributed by atoms with Crippen LogP contribution in [0.1, 0.15) is 52.4 Å². The summed E-state index contributed by atoms with van der Waals surface area (Å²) in [6.45, 7) is 7.94. The van der Waals surface area contributed by atoms with E-state index in [1.165, 1.54) is 25.7 Å². The van der Waals surface area contributed by atoms with Gasteiger partial charge in [0, 0.05) is 0 Å². The number of hydrogen-bond donors (Lipinski definition) is 1. The zero-order valence-electron chi connectivity index (χ0n) is 10.5. The number of aliphatic hydroxyl groups excluding tert-OH is 1. The van der Waals surface area contributed by atoms with Gasteiger partial charge >= 0.3 is 5.97 Å². The summed E-state index contributed by atoms with van der Waals surface area (Å²) < 4.78 is 4.76. The maximum Gasteiger partial charge on any atom is 0.372 e. The Morgan fingerprint density at radius 1 is 1.19 bits per heavy atom. The molecular formula is C13H24O3. The quantitative estimate of drug-likeness (QED) is 0.284. The Balaban J connectivity index is 3.16. The molecule has 0 amide bonds. The molecule has 0 unspecified atom stereocenters. The van der Waals surface area contributed by atoms with Gasteiger partial charge in [0.1, 0.15) is 0 Å². The molecule has 0 saturated carbocycles. The summed E-state index contributed by atoms with van der Waals surface area (Å²) in [6.07, 6.45) is 6.94. The first kappa shape index (κ1) is 15.0. The fraction of sp³-hybridized carbons (Fsp3) is 0.769. The van der Waals surface area contributed by atoms with Gasteiger partial charge in [-0.05, 0) is 18.9 Å². The molecule has 94 valence electrons. The highest BCUT2D eigenvalue weighted by molar-refractivity contribution is 5.84. The second-order valence-corrected chi connectivity index (χ2v) is 4.53. The molecule has 0 fully saturated rings. The lowest BCUT2D eigenvalue weighted by molar-refractivity contribution is -0.142. The SMILES string of the molecule is C=C(O)C(=O)OCCCCCCCC(C)C. The molecule has 0 radical (unpaired) electrons. The fourth-order valence-corrected chi connectivity index (χ4v) is 1.43. The summed E-state index contributed by atoms with van der Waals surface area (Å²) in [4.78, 5) is 10.8. The van der Waals surface area contributed by atoms with Crippen molar-refractivity contribution >= 4 is 5.97 Å².